The fraction of sp³-hybridized carbons (Fsp3) is 0.240. The lowest BCUT2D eigenvalue weighted by atomic mass is 10.0. The molecule has 1 atom stereocenters. The molecule has 1 amide bonds. The number of benzene rings is 2. The number of carbonyl (C=O) groups excluding carboxylic acids is 1. The van der Waals surface area contributed by atoms with Crippen LogP contribution in [-0.2, 0) is 6.42 Å². The predicted octanol–water partition coefficient (Wildman–Crippen LogP) is 3.04. The Morgan fingerprint density at radius 2 is 2.03 bits per heavy atom. The van der Waals surface area contributed by atoms with Crippen molar-refractivity contribution < 1.29 is 23.4 Å². The summed E-state index contributed by atoms with van der Waals surface area (Å²) in [5, 5.41) is 15.2. The molecule has 0 aliphatic rings. The highest BCUT2D eigenvalue weighted by Gasteiger charge is 2.20. The first-order chi connectivity index (χ1) is 17.4. The van der Waals surface area contributed by atoms with Crippen molar-refractivity contribution in [3.05, 3.63) is 71.7 Å². The number of halogens is 2. The quantitative estimate of drug-likeness (QED) is 0.281. The van der Waals surface area contributed by atoms with Gasteiger partial charge in [-0.15, -0.1) is 0 Å². The number of ether oxygens (including phenoxy) is 1. The highest BCUT2D eigenvalue weighted by atomic mass is 19.2. The number of rotatable bonds is 9. The summed E-state index contributed by atoms with van der Waals surface area (Å²) in [5.41, 5.74) is 8.24. The number of nitrogens with two attached hydrogens (primary N) is 1. The number of nitrogens with zero attached hydrogens (tertiary/aromatic N) is 3. The third kappa shape index (κ3) is 4.70. The van der Waals surface area contributed by atoms with Crippen LogP contribution in [0.4, 0.5) is 20.3 Å². The molecule has 2 aromatic carbocycles. The van der Waals surface area contributed by atoms with E-state index in [4.69, 9.17) is 10.5 Å². The van der Waals surface area contributed by atoms with E-state index in [2.05, 4.69) is 20.6 Å². The van der Waals surface area contributed by atoms with E-state index in [0.717, 1.165) is 5.56 Å². The van der Waals surface area contributed by atoms with Gasteiger partial charge in [0.25, 0.3) is 5.91 Å². The zero-order valence-electron chi connectivity index (χ0n) is 19.8. The van der Waals surface area contributed by atoms with Crippen LogP contribution in [0, 0.1) is 11.6 Å². The molecule has 2 heterocycles. The van der Waals surface area contributed by atoms with Gasteiger partial charge in [0.05, 0.1) is 31.6 Å². The minimum Gasteiger partial charge on any atom is -0.494 e. The summed E-state index contributed by atoms with van der Waals surface area (Å²) in [6.45, 7) is 1.79. The number of nitrogens with one attached hydrogen (secondary N) is 2. The number of hydrogen-bond acceptors (Lipinski definition) is 7. The lowest BCUT2D eigenvalue weighted by Gasteiger charge is -2.16. The van der Waals surface area contributed by atoms with Gasteiger partial charge in [-0.25, -0.2) is 14.4 Å². The Labute approximate surface area is 205 Å². The van der Waals surface area contributed by atoms with Crippen LogP contribution in [0.1, 0.15) is 22.8 Å². The number of anilines is 2. The zero-order valence-corrected chi connectivity index (χ0v) is 19.8. The normalized spacial score (nSPS) is 11.9. The van der Waals surface area contributed by atoms with Gasteiger partial charge in [0.15, 0.2) is 23.0 Å². The maximum absolute atomic E-state index is 14.7. The van der Waals surface area contributed by atoms with Crippen LogP contribution >= 0.6 is 0 Å². The molecule has 0 radical (unpaired) electrons. The van der Waals surface area contributed by atoms with Crippen LogP contribution in [0.3, 0.4) is 0 Å². The molecule has 4 rings (SSSR count). The largest absolute Gasteiger partial charge is 0.494 e. The molecule has 0 saturated carbocycles. The number of carbonyl (C=O) groups is 1. The van der Waals surface area contributed by atoms with E-state index in [1.54, 1.807) is 22.7 Å². The summed E-state index contributed by atoms with van der Waals surface area (Å²) in [6, 6.07) is 7.47. The predicted molar refractivity (Wildman–Crippen MR) is 131 cm³/mol. The lowest BCUT2D eigenvalue weighted by Crippen LogP contribution is -2.42. The molecule has 0 unspecified atom stereocenters. The Bertz CT molecular complexity index is 1400. The van der Waals surface area contributed by atoms with Gasteiger partial charge in [0.1, 0.15) is 0 Å². The molecule has 36 heavy (non-hydrogen) atoms. The number of hydrogen-bond donors (Lipinski definition) is 4. The van der Waals surface area contributed by atoms with E-state index in [-0.39, 0.29) is 30.4 Å². The highest BCUT2D eigenvalue weighted by molar-refractivity contribution is 5.96. The molecule has 0 spiro atoms. The molecule has 0 aliphatic heterocycles. The third-order valence-electron chi connectivity index (χ3n) is 5.80. The van der Waals surface area contributed by atoms with Gasteiger partial charge >= 0.3 is 0 Å². The van der Waals surface area contributed by atoms with Crippen LogP contribution in [0.25, 0.3) is 16.9 Å². The number of fused-ring (bicyclic) bond motifs is 1. The van der Waals surface area contributed by atoms with Crippen LogP contribution in [0.5, 0.6) is 5.75 Å². The molecule has 5 N–H and O–H groups in total. The molecule has 11 heteroatoms. The second-order valence-electron chi connectivity index (χ2n) is 8.00. The summed E-state index contributed by atoms with van der Waals surface area (Å²) >= 11 is 0. The molecule has 0 bridgehead atoms. The van der Waals surface area contributed by atoms with Crippen molar-refractivity contribution in [3.8, 4) is 17.0 Å². The van der Waals surface area contributed by atoms with Crippen LogP contribution < -0.4 is 21.1 Å². The minimum atomic E-state index is -1.08. The molecule has 0 fully saturated rings. The number of imidazole rings is 1. The van der Waals surface area contributed by atoms with Gasteiger partial charge in [-0.1, -0.05) is 6.92 Å². The molecule has 0 aliphatic carbocycles. The topological polar surface area (TPSA) is 127 Å². The molecule has 9 nitrogen and oxygen atoms in total. The van der Waals surface area contributed by atoms with Crippen molar-refractivity contribution in [1.29, 1.82) is 0 Å². The maximum atomic E-state index is 14.7. The monoisotopic (exact) mass is 496 g/mol. The first-order valence-corrected chi connectivity index (χ1v) is 11.3. The SMILES string of the molecule is CCc1cc(Nc2nccn3c(-c4ccc(OC)c(F)c4F)cnc23)ccc1C(=O)N[C@H](CN)CO. The molecular formula is C25H26F2N6O3. The first kappa shape index (κ1) is 25.0. The fourth-order valence-corrected chi connectivity index (χ4v) is 3.86. The number of amides is 1. The van der Waals surface area contributed by atoms with Gasteiger partial charge in [0.2, 0.25) is 5.82 Å². The van der Waals surface area contributed by atoms with Crippen molar-refractivity contribution in [2.75, 3.05) is 25.6 Å². The minimum absolute atomic E-state index is 0.0280. The van der Waals surface area contributed by atoms with Gasteiger partial charge in [-0.05, 0) is 42.3 Å². The number of methoxy groups -OCH3 is 1. The Kier molecular flexibility index (Phi) is 7.41. The number of aliphatic hydroxyl groups is 1. The Balaban J connectivity index is 1.65. The van der Waals surface area contributed by atoms with Crippen LogP contribution in [0.2, 0.25) is 0 Å². The van der Waals surface area contributed by atoms with E-state index in [0.29, 0.717) is 34.8 Å². The summed E-state index contributed by atoms with van der Waals surface area (Å²) in [5.74, 6) is -2.24. The number of aryl methyl sites for hydroxylation is 1. The summed E-state index contributed by atoms with van der Waals surface area (Å²) in [4.78, 5) is 21.3. The first-order valence-electron chi connectivity index (χ1n) is 11.3. The van der Waals surface area contributed by atoms with E-state index in [1.165, 1.54) is 31.6 Å². The van der Waals surface area contributed by atoms with E-state index in [9.17, 15) is 18.7 Å². The Morgan fingerprint density at radius 3 is 2.72 bits per heavy atom. The van der Waals surface area contributed by atoms with E-state index >= 15 is 0 Å². The summed E-state index contributed by atoms with van der Waals surface area (Å²) < 4.78 is 35.5. The molecular weight excluding hydrogens is 470 g/mol. The summed E-state index contributed by atoms with van der Waals surface area (Å²) in [6.07, 6.45) is 5.14. The third-order valence-corrected chi connectivity index (χ3v) is 5.80. The molecule has 2 aromatic heterocycles. The van der Waals surface area contributed by atoms with Crippen LogP contribution in [-0.4, -0.2) is 51.7 Å². The van der Waals surface area contributed by atoms with Crippen LogP contribution in [0.15, 0.2) is 48.9 Å². The van der Waals surface area contributed by atoms with Crippen molar-refractivity contribution in [2.24, 2.45) is 5.73 Å². The number of aromatic nitrogens is 3. The second kappa shape index (κ2) is 10.7. The van der Waals surface area contributed by atoms with Crippen molar-refractivity contribution in [2.45, 2.75) is 19.4 Å². The average Bonchev–Trinajstić information content (AvgIpc) is 3.33. The molecule has 188 valence electrons. The molecule has 4 aromatic rings. The maximum Gasteiger partial charge on any atom is 0.251 e. The van der Waals surface area contributed by atoms with E-state index < -0.39 is 17.7 Å². The fourth-order valence-electron chi connectivity index (χ4n) is 3.86. The standard InChI is InChI=1S/C25H26F2N6O3/c1-3-14-10-15(4-5-17(14)25(35)32-16(11-28)13-34)31-23-24-30-12-19(33(24)9-8-29-23)18-6-7-20(36-2)22(27)21(18)26/h4-10,12,16,34H,3,11,13,28H2,1-2H3,(H,29,31)(H,32,35)/t16-/m1/s1. The van der Waals surface area contributed by atoms with Gasteiger partial charge in [-0.2, -0.15) is 4.39 Å². The lowest BCUT2D eigenvalue weighted by molar-refractivity contribution is 0.0918. The van der Waals surface area contributed by atoms with Gasteiger partial charge < -0.3 is 26.2 Å². The van der Waals surface area contributed by atoms with Gasteiger partial charge in [0, 0.05) is 35.8 Å². The van der Waals surface area contributed by atoms with E-state index in [1.807, 2.05) is 13.0 Å². The van der Waals surface area contributed by atoms with Crippen molar-refractivity contribution in [1.82, 2.24) is 19.7 Å². The second-order valence-corrected chi connectivity index (χ2v) is 8.00. The smallest absolute Gasteiger partial charge is 0.251 e. The highest BCUT2D eigenvalue weighted by Crippen LogP contribution is 2.31. The zero-order chi connectivity index (χ0) is 25.8. The summed E-state index contributed by atoms with van der Waals surface area (Å²) in [7, 11) is 1.27. The molecule has 0 saturated heterocycles. The number of aliphatic hydroxyl groups excluding tert-OH is 1. The van der Waals surface area contributed by atoms with Crippen molar-refractivity contribution >= 4 is 23.1 Å². The Hall–Kier alpha value is -4.09. The van der Waals surface area contributed by atoms with Crippen molar-refractivity contribution in [3.63, 3.8) is 0 Å². The average molecular weight is 497 g/mol. The van der Waals surface area contributed by atoms with Gasteiger partial charge in [-0.3, -0.25) is 9.20 Å². The Morgan fingerprint density at radius 1 is 1.22 bits per heavy atom.